The molecule has 0 radical (unpaired) electrons. The van der Waals surface area contributed by atoms with Crippen LogP contribution in [0.5, 0.6) is 0 Å². The Labute approximate surface area is 154 Å². The highest BCUT2D eigenvalue weighted by molar-refractivity contribution is 7.10. The highest BCUT2D eigenvalue weighted by Gasteiger charge is 2.18. The van der Waals surface area contributed by atoms with Gasteiger partial charge in [-0.05, 0) is 50.2 Å². The van der Waals surface area contributed by atoms with Crippen LogP contribution in [0.1, 0.15) is 22.0 Å². The van der Waals surface area contributed by atoms with Gasteiger partial charge in [0, 0.05) is 4.88 Å². The fourth-order valence-corrected chi connectivity index (χ4v) is 4.53. The molecule has 4 aromatic rings. The van der Waals surface area contributed by atoms with Gasteiger partial charge >= 0.3 is 0 Å². The van der Waals surface area contributed by atoms with Crippen molar-refractivity contribution in [2.45, 2.75) is 12.5 Å². The molecule has 25 heavy (non-hydrogen) atoms. The van der Waals surface area contributed by atoms with E-state index in [-0.39, 0.29) is 11.9 Å². The van der Waals surface area contributed by atoms with Crippen LogP contribution in [-0.4, -0.2) is 5.91 Å². The van der Waals surface area contributed by atoms with Gasteiger partial charge in [-0.15, -0.1) is 11.3 Å². The first-order chi connectivity index (χ1) is 12.3. The van der Waals surface area contributed by atoms with Gasteiger partial charge in [0.25, 0.3) is 0 Å². The summed E-state index contributed by atoms with van der Waals surface area (Å²) in [6.45, 7) is 0. The van der Waals surface area contributed by atoms with E-state index in [2.05, 4.69) is 41.0 Å². The smallest absolute Gasteiger partial charge is 0.225 e. The fraction of sp³-hybridized carbons (Fsp3) is 0.0952. The molecule has 0 aliphatic carbocycles. The number of thiophene rings is 2. The van der Waals surface area contributed by atoms with Crippen LogP contribution in [0.25, 0.3) is 10.8 Å². The molecule has 0 saturated carbocycles. The quantitative estimate of drug-likeness (QED) is 0.504. The molecule has 0 bridgehead atoms. The molecular weight excluding hydrogens is 346 g/mol. The van der Waals surface area contributed by atoms with E-state index in [1.807, 2.05) is 41.1 Å². The highest BCUT2D eigenvalue weighted by Crippen LogP contribution is 2.28. The van der Waals surface area contributed by atoms with Gasteiger partial charge < -0.3 is 5.32 Å². The average Bonchev–Trinajstić information content (AvgIpc) is 3.34. The lowest BCUT2D eigenvalue weighted by atomic mass is 10.0. The first kappa shape index (κ1) is 16.1. The molecule has 4 heteroatoms. The number of benzene rings is 2. The van der Waals surface area contributed by atoms with Crippen molar-refractivity contribution in [1.82, 2.24) is 5.32 Å². The normalized spacial score (nSPS) is 12.2. The predicted octanol–water partition coefficient (Wildman–Crippen LogP) is 5.41. The summed E-state index contributed by atoms with van der Waals surface area (Å²) in [4.78, 5) is 13.9. The lowest BCUT2D eigenvalue weighted by molar-refractivity contribution is -0.120. The van der Waals surface area contributed by atoms with Crippen LogP contribution in [0.4, 0.5) is 0 Å². The first-order valence-corrected chi connectivity index (χ1v) is 9.95. The average molecular weight is 364 g/mol. The standard InChI is InChI=1S/C21H17NOS2/c23-20(13-16-7-3-6-15-5-1-2-8-18(15)16)22-21(17-10-12-24-14-17)19-9-4-11-25-19/h1-12,14,21H,13H2,(H,22,23)/t21-/m1/s1. The number of rotatable bonds is 5. The van der Waals surface area contributed by atoms with Crippen LogP contribution >= 0.6 is 22.7 Å². The van der Waals surface area contributed by atoms with Gasteiger partial charge in [0.05, 0.1) is 12.5 Å². The summed E-state index contributed by atoms with van der Waals surface area (Å²) in [5.41, 5.74) is 2.20. The van der Waals surface area contributed by atoms with Crippen LogP contribution in [0, 0.1) is 0 Å². The summed E-state index contributed by atoms with van der Waals surface area (Å²) in [7, 11) is 0. The Morgan fingerprint density at radius 2 is 1.84 bits per heavy atom. The van der Waals surface area contributed by atoms with Crippen molar-refractivity contribution in [1.29, 1.82) is 0 Å². The molecule has 2 aromatic heterocycles. The predicted molar refractivity (Wildman–Crippen MR) is 106 cm³/mol. The zero-order chi connectivity index (χ0) is 17.1. The third-order valence-corrected chi connectivity index (χ3v) is 5.88. The van der Waals surface area contributed by atoms with E-state index in [0.717, 1.165) is 21.4 Å². The minimum atomic E-state index is -0.0753. The van der Waals surface area contributed by atoms with E-state index < -0.39 is 0 Å². The molecule has 1 amide bonds. The maximum absolute atomic E-state index is 12.8. The molecule has 2 aromatic carbocycles. The van der Waals surface area contributed by atoms with E-state index >= 15 is 0 Å². The SMILES string of the molecule is O=C(Cc1cccc2ccccc12)N[C@H](c1ccsc1)c1cccs1. The molecule has 0 unspecified atom stereocenters. The molecule has 1 N–H and O–H groups in total. The monoisotopic (exact) mass is 363 g/mol. The molecule has 124 valence electrons. The van der Waals surface area contributed by atoms with Crippen molar-refractivity contribution >= 4 is 39.4 Å². The van der Waals surface area contributed by atoms with Crippen molar-refractivity contribution in [3.05, 3.63) is 92.8 Å². The van der Waals surface area contributed by atoms with Gasteiger partial charge in [0.1, 0.15) is 0 Å². The number of hydrogen-bond acceptors (Lipinski definition) is 3. The zero-order valence-corrected chi connectivity index (χ0v) is 15.1. The molecule has 0 fully saturated rings. The van der Waals surface area contributed by atoms with Gasteiger partial charge in [0.15, 0.2) is 0 Å². The van der Waals surface area contributed by atoms with Gasteiger partial charge in [-0.2, -0.15) is 11.3 Å². The molecule has 2 heterocycles. The number of fused-ring (bicyclic) bond motifs is 1. The van der Waals surface area contributed by atoms with Crippen molar-refractivity contribution in [2.75, 3.05) is 0 Å². The second-order valence-corrected chi connectivity index (χ2v) is 7.65. The Morgan fingerprint density at radius 3 is 2.64 bits per heavy atom. The molecule has 1 atom stereocenters. The number of amides is 1. The second kappa shape index (κ2) is 7.21. The summed E-state index contributed by atoms with van der Waals surface area (Å²) in [5.74, 6) is 0.0425. The van der Waals surface area contributed by atoms with E-state index in [9.17, 15) is 4.79 Å². The van der Waals surface area contributed by atoms with Crippen LogP contribution < -0.4 is 5.32 Å². The van der Waals surface area contributed by atoms with Gasteiger partial charge in [0.2, 0.25) is 5.91 Å². The van der Waals surface area contributed by atoms with Crippen molar-refractivity contribution < 1.29 is 4.79 Å². The molecule has 0 spiro atoms. The fourth-order valence-electron chi connectivity index (χ4n) is 3.05. The third-order valence-electron chi connectivity index (χ3n) is 4.24. The zero-order valence-electron chi connectivity index (χ0n) is 13.5. The summed E-state index contributed by atoms with van der Waals surface area (Å²) >= 11 is 3.32. The van der Waals surface area contributed by atoms with Crippen LogP contribution in [0.15, 0.2) is 76.8 Å². The van der Waals surface area contributed by atoms with Crippen molar-refractivity contribution in [3.8, 4) is 0 Å². The minimum Gasteiger partial charge on any atom is -0.344 e. The summed E-state index contributed by atoms with van der Waals surface area (Å²) in [5, 5.41) is 11.7. The van der Waals surface area contributed by atoms with E-state index in [4.69, 9.17) is 0 Å². The first-order valence-electron chi connectivity index (χ1n) is 8.13. The van der Waals surface area contributed by atoms with Crippen molar-refractivity contribution in [3.63, 3.8) is 0 Å². The summed E-state index contributed by atoms with van der Waals surface area (Å²) in [6.07, 6.45) is 0.382. The maximum atomic E-state index is 12.8. The highest BCUT2D eigenvalue weighted by atomic mass is 32.1. The second-order valence-electron chi connectivity index (χ2n) is 5.89. The molecular formula is C21H17NOS2. The lowest BCUT2D eigenvalue weighted by Gasteiger charge is -2.17. The Hall–Kier alpha value is -2.43. The Morgan fingerprint density at radius 1 is 0.960 bits per heavy atom. The van der Waals surface area contributed by atoms with Gasteiger partial charge in [-0.25, -0.2) is 0 Å². The van der Waals surface area contributed by atoms with Crippen LogP contribution in [-0.2, 0) is 11.2 Å². The molecule has 0 aliphatic heterocycles. The number of hydrogen-bond donors (Lipinski definition) is 1. The molecule has 2 nitrogen and oxygen atoms in total. The number of carbonyl (C=O) groups is 1. The molecule has 0 aliphatic rings. The summed E-state index contributed by atoms with van der Waals surface area (Å²) in [6, 6.07) is 20.4. The third kappa shape index (κ3) is 3.50. The Balaban J connectivity index is 1.58. The lowest BCUT2D eigenvalue weighted by Crippen LogP contribution is -2.29. The largest absolute Gasteiger partial charge is 0.344 e. The van der Waals surface area contributed by atoms with Crippen LogP contribution in [0.2, 0.25) is 0 Å². The minimum absolute atomic E-state index is 0.0425. The van der Waals surface area contributed by atoms with Gasteiger partial charge in [-0.1, -0.05) is 48.5 Å². The summed E-state index contributed by atoms with van der Waals surface area (Å²) < 4.78 is 0. The number of nitrogens with one attached hydrogen (secondary N) is 1. The maximum Gasteiger partial charge on any atom is 0.225 e. The molecule has 4 rings (SSSR count). The van der Waals surface area contributed by atoms with Crippen molar-refractivity contribution in [2.24, 2.45) is 0 Å². The Kier molecular flexibility index (Phi) is 4.63. The number of carbonyl (C=O) groups excluding carboxylic acids is 1. The van der Waals surface area contributed by atoms with Crippen LogP contribution in [0.3, 0.4) is 0 Å². The van der Waals surface area contributed by atoms with E-state index in [1.165, 1.54) is 5.39 Å². The Bertz CT molecular complexity index is 935. The van der Waals surface area contributed by atoms with E-state index in [0.29, 0.717) is 6.42 Å². The topological polar surface area (TPSA) is 29.1 Å². The molecule has 0 saturated heterocycles. The van der Waals surface area contributed by atoms with Gasteiger partial charge in [-0.3, -0.25) is 4.79 Å². The van der Waals surface area contributed by atoms with E-state index in [1.54, 1.807) is 22.7 Å².